The Morgan fingerprint density at radius 1 is 1.03 bits per heavy atom. The second kappa shape index (κ2) is 9.15. The maximum atomic E-state index is 13.3. The lowest BCUT2D eigenvalue weighted by atomic mass is 9.89. The molecular weight excluding hydrogens is 486 g/mol. The van der Waals surface area contributed by atoms with Gasteiger partial charge in [0, 0.05) is 61.4 Å². The number of piperidine rings is 2. The van der Waals surface area contributed by atoms with Crippen LogP contribution in [0.15, 0.2) is 24.4 Å². The van der Waals surface area contributed by atoms with Gasteiger partial charge in [-0.2, -0.15) is 0 Å². The molecule has 6 rings (SSSR count). The molecule has 2 N–H and O–H groups in total. The van der Waals surface area contributed by atoms with E-state index in [2.05, 4.69) is 16.1 Å². The molecule has 0 aliphatic carbocycles. The van der Waals surface area contributed by atoms with Crippen LogP contribution in [-0.2, 0) is 9.53 Å². The average Bonchev–Trinajstić information content (AvgIpc) is 3.20. The third kappa shape index (κ3) is 4.16. The van der Waals surface area contributed by atoms with Gasteiger partial charge >= 0.3 is 12.1 Å². The zero-order chi connectivity index (χ0) is 25.0. The molecular formula is C25H30ClN5O5. The van der Waals surface area contributed by atoms with Crippen LogP contribution in [0.2, 0.25) is 5.02 Å². The molecule has 4 fully saturated rings. The summed E-state index contributed by atoms with van der Waals surface area (Å²) < 4.78 is 7.81. The first-order valence-corrected chi connectivity index (χ1v) is 13.0. The standard InChI is InChI=1S/C25H30ClN5O5/c26-16-1-2-21-18(9-16)19(12-31(21)17-10-30(11-17)25(34)35)15-3-6-28(7-4-15)24(33)29-8-5-22-20(13-29)27-23(32)14-36-22/h1-2,9,12,15,17,20,22H,3-8,10-11,13-14H2,(H,27,32)(H,34,35)/t20-,22+/m1/s1. The normalized spacial score (nSPS) is 25.5. The van der Waals surface area contributed by atoms with Crippen LogP contribution in [-0.4, -0.2) is 100 Å². The van der Waals surface area contributed by atoms with Crippen molar-refractivity contribution >= 4 is 40.5 Å². The molecule has 4 amide bonds. The van der Waals surface area contributed by atoms with Gasteiger partial charge in [0.2, 0.25) is 5.91 Å². The van der Waals surface area contributed by atoms with Crippen molar-refractivity contribution in [3.8, 4) is 0 Å². The molecule has 2 aromatic rings. The van der Waals surface area contributed by atoms with E-state index in [4.69, 9.17) is 16.3 Å². The Morgan fingerprint density at radius 3 is 2.53 bits per heavy atom. The smallest absolute Gasteiger partial charge is 0.407 e. The Balaban J connectivity index is 1.13. The first-order valence-electron chi connectivity index (χ1n) is 12.6. The van der Waals surface area contributed by atoms with E-state index in [1.807, 2.05) is 28.0 Å². The number of morpholine rings is 1. The van der Waals surface area contributed by atoms with Gasteiger partial charge in [-0.3, -0.25) is 4.79 Å². The van der Waals surface area contributed by atoms with Crippen molar-refractivity contribution in [3.63, 3.8) is 0 Å². The number of nitrogens with one attached hydrogen (secondary N) is 1. The van der Waals surface area contributed by atoms with Gasteiger partial charge in [-0.05, 0) is 48.9 Å². The van der Waals surface area contributed by atoms with Gasteiger partial charge in [0.05, 0.1) is 18.2 Å². The lowest BCUT2D eigenvalue weighted by Crippen LogP contribution is -2.62. The van der Waals surface area contributed by atoms with Crippen molar-refractivity contribution in [3.05, 3.63) is 35.0 Å². The summed E-state index contributed by atoms with van der Waals surface area (Å²) in [5.74, 6) is 0.173. The molecule has 4 aliphatic rings. The van der Waals surface area contributed by atoms with E-state index in [9.17, 15) is 19.5 Å². The number of rotatable bonds is 2. The number of likely N-dealkylation sites (tertiary alicyclic amines) is 3. The quantitative estimate of drug-likeness (QED) is 0.639. The van der Waals surface area contributed by atoms with Gasteiger partial charge in [-0.15, -0.1) is 0 Å². The van der Waals surface area contributed by atoms with Gasteiger partial charge in [-0.1, -0.05) is 11.6 Å². The summed E-state index contributed by atoms with van der Waals surface area (Å²) in [6, 6.07) is 5.90. The van der Waals surface area contributed by atoms with Gasteiger partial charge in [-0.25, -0.2) is 9.59 Å². The molecule has 10 nitrogen and oxygen atoms in total. The fourth-order valence-corrected chi connectivity index (χ4v) is 6.30. The lowest BCUT2D eigenvalue weighted by Gasteiger charge is -2.43. The van der Waals surface area contributed by atoms with Gasteiger partial charge in [0.25, 0.3) is 0 Å². The zero-order valence-electron chi connectivity index (χ0n) is 19.9. The Hall–Kier alpha value is -2.98. The number of ether oxygens (including phenoxy) is 1. The Bertz CT molecular complexity index is 1200. The first kappa shape index (κ1) is 23.4. The molecule has 0 spiro atoms. The molecule has 0 unspecified atom stereocenters. The third-order valence-electron chi connectivity index (χ3n) is 8.15. The van der Waals surface area contributed by atoms with E-state index in [0.717, 1.165) is 30.2 Å². The van der Waals surface area contributed by atoms with Crippen LogP contribution in [0.3, 0.4) is 0 Å². The molecule has 2 atom stereocenters. The van der Waals surface area contributed by atoms with Gasteiger partial charge < -0.3 is 34.4 Å². The second-order valence-corrected chi connectivity index (χ2v) is 10.7. The molecule has 11 heteroatoms. The summed E-state index contributed by atoms with van der Waals surface area (Å²) in [4.78, 5) is 41.4. The minimum atomic E-state index is -0.884. The molecule has 4 saturated heterocycles. The van der Waals surface area contributed by atoms with Crippen LogP contribution < -0.4 is 5.32 Å². The zero-order valence-corrected chi connectivity index (χ0v) is 20.7. The maximum Gasteiger partial charge on any atom is 0.407 e. The number of benzene rings is 1. The highest BCUT2D eigenvalue weighted by molar-refractivity contribution is 6.31. The van der Waals surface area contributed by atoms with Crippen LogP contribution >= 0.6 is 11.6 Å². The van der Waals surface area contributed by atoms with Crippen LogP contribution in [0, 0.1) is 0 Å². The third-order valence-corrected chi connectivity index (χ3v) is 8.39. The Kier molecular flexibility index (Phi) is 5.95. The molecule has 1 aromatic heterocycles. The van der Waals surface area contributed by atoms with Crippen LogP contribution in [0.25, 0.3) is 10.9 Å². The van der Waals surface area contributed by atoms with Crippen molar-refractivity contribution < 1.29 is 24.2 Å². The number of amides is 4. The molecule has 0 bridgehead atoms. The number of carboxylic acid groups (broad SMARTS) is 1. The number of halogens is 1. The topological polar surface area (TPSA) is 107 Å². The molecule has 36 heavy (non-hydrogen) atoms. The summed E-state index contributed by atoms with van der Waals surface area (Å²) in [6.07, 6.45) is 3.70. The molecule has 4 aliphatic heterocycles. The number of carbonyl (C=O) groups is 3. The van der Waals surface area contributed by atoms with Gasteiger partial charge in [0.1, 0.15) is 6.61 Å². The van der Waals surface area contributed by atoms with Crippen molar-refractivity contribution in [1.82, 2.24) is 24.6 Å². The van der Waals surface area contributed by atoms with E-state index in [-0.39, 0.29) is 36.7 Å². The van der Waals surface area contributed by atoms with Crippen LogP contribution in [0.4, 0.5) is 9.59 Å². The fourth-order valence-electron chi connectivity index (χ4n) is 6.12. The van der Waals surface area contributed by atoms with E-state index in [1.54, 1.807) is 0 Å². The maximum absolute atomic E-state index is 13.3. The number of nitrogens with zero attached hydrogens (tertiary/aromatic N) is 4. The summed E-state index contributed by atoms with van der Waals surface area (Å²) in [6.45, 7) is 3.52. The predicted molar refractivity (Wildman–Crippen MR) is 132 cm³/mol. The first-order chi connectivity index (χ1) is 17.4. The highest BCUT2D eigenvalue weighted by Gasteiger charge is 2.38. The monoisotopic (exact) mass is 515 g/mol. The summed E-state index contributed by atoms with van der Waals surface area (Å²) in [5.41, 5.74) is 2.29. The van der Waals surface area contributed by atoms with E-state index < -0.39 is 6.09 Å². The van der Waals surface area contributed by atoms with Crippen molar-refractivity contribution in [2.45, 2.75) is 43.4 Å². The number of hydrogen-bond acceptors (Lipinski definition) is 4. The van der Waals surface area contributed by atoms with Crippen molar-refractivity contribution in [2.24, 2.45) is 0 Å². The fraction of sp³-hybridized carbons (Fsp3) is 0.560. The Morgan fingerprint density at radius 2 is 1.78 bits per heavy atom. The molecule has 5 heterocycles. The molecule has 0 saturated carbocycles. The van der Waals surface area contributed by atoms with Crippen LogP contribution in [0.1, 0.15) is 36.8 Å². The van der Waals surface area contributed by atoms with Gasteiger partial charge in [0.15, 0.2) is 0 Å². The predicted octanol–water partition coefficient (Wildman–Crippen LogP) is 2.72. The summed E-state index contributed by atoms with van der Waals surface area (Å²) in [7, 11) is 0. The van der Waals surface area contributed by atoms with E-state index >= 15 is 0 Å². The van der Waals surface area contributed by atoms with E-state index in [0.29, 0.717) is 50.2 Å². The van der Waals surface area contributed by atoms with E-state index in [1.165, 1.54) is 10.5 Å². The molecule has 192 valence electrons. The summed E-state index contributed by atoms with van der Waals surface area (Å²) >= 11 is 6.35. The minimum Gasteiger partial charge on any atom is -0.465 e. The van der Waals surface area contributed by atoms with Crippen molar-refractivity contribution in [2.75, 3.05) is 45.9 Å². The Labute approximate surface area is 213 Å². The highest BCUT2D eigenvalue weighted by atomic mass is 35.5. The highest BCUT2D eigenvalue weighted by Crippen LogP contribution is 2.38. The molecule has 0 radical (unpaired) electrons. The number of aromatic nitrogens is 1. The lowest BCUT2D eigenvalue weighted by molar-refractivity contribution is -0.139. The van der Waals surface area contributed by atoms with Crippen LogP contribution in [0.5, 0.6) is 0 Å². The number of fused-ring (bicyclic) bond motifs is 2. The number of urea groups is 1. The SMILES string of the molecule is O=C1CO[C@H]2CCN(C(=O)N3CCC(c4cn(C5CN(C(=O)O)C5)c5ccc(Cl)cc45)CC3)C[C@H]2N1. The number of hydrogen-bond donors (Lipinski definition) is 2. The second-order valence-electron chi connectivity index (χ2n) is 10.3. The van der Waals surface area contributed by atoms with Crippen molar-refractivity contribution in [1.29, 1.82) is 0 Å². The average molecular weight is 516 g/mol. The number of carbonyl (C=O) groups excluding carboxylic acids is 2. The summed E-state index contributed by atoms with van der Waals surface area (Å²) in [5, 5.41) is 14.0. The molecule has 1 aromatic carbocycles. The largest absolute Gasteiger partial charge is 0.465 e. The minimum absolute atomic E-state index is 0.0140.